The number of aliphatic carboxylic acids is 1. The van der Waals surface area contributed by atoms with Gasteiger partial charge in [0.2, 0.25) is 0 Å². The van der Waals surface area contributed by atoms with E-state index in [2.05, 4.69) is 6.58 Å². The largest absolute Gasteiger partial charge is 0.497 e. The van der Waals surface area contributed by atoms with E-state index in [4.69, 9.17) is 15.3 Å². The number of carboxylic acid groups (broad SMARTS) is 1. The highest BCUT2D eigenvalue weighted by atomic mass is 16.5. The Morgan fingerprint density at radius 2 is 2.28 bits per heavy atom. The van der Waals surface area contributed by atoms with Crippen LogP contribution >= 0.6 is 0 Å². The third kappa shape index (κ3) is 2.97. The van der Waals surface area contributed by atoms with Crippen LogP contribution in [-0.4, -0.2) is 23.9 Å². The minimum Gasteiger partial charge on any atom is -0.497 e. The predicted octanol–water partition coefficient (Wildman–Crippen LogP) is 2.84. The molecule has 1 aliphatic rings. The topological polar surface area (TPSA) is 70.4 Å². The van der Waals surface area contributed by atoms with E-state index in [1.807, 2.05) is 6.92 Å². The van der Waals surface area contributed by atoms with E-state index >= 15 is 0 Å². The summed E-state index contributed by atoms with van der Waals surface area (Å²) in [7, 11) is 1.51. The molecule has 0 heterocycles. The molecule has 0 aromatic carbocycles. The van der Waals surface area contributed by atoms with Gasteiger partial charge in [0.25, 0.3) is 0 Å². The summed E-state index contributed by atoms with van der Waals surface area (Å²) in [5.74, 6) is -0.557. The van der Waals surface area contributed by atoms with Crippen LogP contribution in [0.15, 0.2) is 47.3 Å². The summed E-state index contributed by atoms with van der Waals surface area (Å²) < 4.78 is 5.08. The van der Waals surface area contributed by atoms with Crippen molar-refractivity contribution in [3.8, 4) is 0 Å². The number of hydrogen-bond donors (Lipinski definition) is 2. The van der Waals surface area contributed by atoms with Crippen LogP contribution in [-0.2, 0) is 9.53 Å². The van der Waals surface area contributed by atoms with Gasteiger partial charge in [-0.25, -0.2) is 4.79 Å². The molecule has 0 radical (unpaired) electrons. The lowest BCUT2D eigenvalue weighted by atomic mass is 9.99. The summed E-state index contributed by atoms with van der Waals surface area (Å²) in [6, 6.07) is 0. The van der Waals surface area contributed by atoms with Crippen molar-refractivity contribution in [3.05, 3.63) is 47.3 Å². The Hall–Kier alpha value is -2.10. The molecule has 0 spiro atoms. The number of allylic oxidation sites excluding steroid dienone is 5. The Bertz CT molecular complexity index is 481. The van der Waals surface area contributed by atoms with Crippen molar-refractivity contribution in [3.63, 3.8) is 0 Å². The Labute approximate surface area is 106 Å². The molecule has 0 aliphatic heterocycles. The van der Waals surface area contributed by atoms with Crippen LogP contribution in [0.3, 0.4) is 0 Å². The van der Waals surface area contributed by atoms with Gasteiger partial charge in [0.05, 0.1) is 18.4 Å². The van der Waals surface area contributed by atoms with Gasteiger partial charge >= 0.3 is 5.97 Å². The molecule has 0 atom stereocenters. The lowest BCUT2D eigenvalue weighted by molar-refractivity contribution is -0.132. The molecule has 0 bridgehead atoms. The van der Waals surface area contributed by atoms with E-state index in [1.54, 1.807) is 12.2 Å². The summed E-state index contributed by atoms with van der Waals surface area (Å²) in [5, 5.41) is 17.1. The number of hydrogen-bond acceptors (Lipinski definition) is 3. The molecule has 0 unspecified atom stereocenters. The van der Waals surface area contributed by atoms with E-state index in [0.717, 1.165) is 12.0 Å². The van der Waals surface area contributed by atoms with E-state index in [1.165, 1.54) is 13.2 Å². The first-order valence-corrected chi connectivity index (χ1v) is 5.61. The summed E-state index contributed by atoms with van der Waals surface area (Å²) in [6.07, 6.45) is 6.15. The molecule has 2 N–H and O–H groups in total. The first-order chi connectivity index (χ1) is 8.51. The molecule has 0 aromatic rings. The standard InChI is InChI=1S/C14H17NO3/c1-4-10(18-3)8-12-9(2)6-5-7-11(13(12)15)14(16)17/h4,7-8,15H,1,5-6H2,2-3H3,(H,16,17)/b10-8+,15-13?. The van der Waals surface area contributed by atoms with Crippen molar-refractivity contribution < 1.29 is 14.6 Å². The molecule has 0 saturated carbocycles. The fraction of sp³-hybridized carbons (Fsp3) is 0.286. The maximum Gasteiger partial charge on any atom is 0.337 e. The zero-order chi connectivity index (χ0) is 13.7. The van der Waals surface area contributed by atoms with Crippen LogP contribution in [0.2, 0.25) is 0 Å². The Morgan fingerprint density at radius 1 is 1.61 bits per heavy atom. The second kappa shape index (κ2) is 6.00. The maximum absolute atomic E-state index is 11.1. The summed E-state index contributed by atoms with van der Waals surface area (Å²) in [5.41, 5.74) is 1.63. The van der Waals surface area contributed by atoms with Crippen molar-refractivity contribution in [1.29, 1.82) is 5.41 Å². The zero-order valence-corrected chi connectivity index (χ0v) is 10.6. The Morgan fingerprint density at radius 3 is 2.78 bits per heavy atom. The SMILES string of the molecule is C=C/C(=C\C1=C(C)CCC=C(C(=O)O)C1=N)OC. The van der Waals surface area contributed by atoms with E-state index in [0.29, 0.717) is 17.8 Å². The smallest absolute Gasteiger partial charge is 0.337 e. The highest BCUT2D eigenvalue weighted by molar-refractivity contribution is 6.26. The third-order valence-electron chi connectivity index (χ3n) is 2.82. The van der Waals surface area contributed by atoms with E-state index in [-0.39, 0.29) is 11.3 Å². The molecule has 1 rings (SSSR count). The Balaban J connectivity index is 3.25. The van der Waals surface area contributed by atoms with Crippen molar-refractivity contribution >= 4 is 11.7 Å². The van der Waals surface area contributed by atoms with E-state index < -0.39 is 5.97 Å². The highest BCUT2D eigenvalue weighted by Gasteiger charge is 2.20. The fourth-order valence-corrected chi connectivity index (χ4v) is 1.76. The van der Waals surface area contributed by atoms with Gasteiger partial charge in [-0.05, 0) is 31.9 Å². The number of carbonyl (C=O) groups is 1. The van der Waals surface area contributed by atoms with Gasteiger partial charge < -0.3 is 9.84 Å². The van der Waals surface area contributed by atoms with Gasteiger partial charge in [-0.15, -0.1) is 0 Å². The van der Waals surface area contributed by atoms with E-state index in [9.17, 15) is 4.79 Å². The maximum atomic E-state index is 11.1. The van der Waals surface area contributed by atoms with Crippen LogP contribution < -0.4 is 0 Å². The second-order valence-corrected chi connectivity index (χ2v) is 3.99. The number of methoxy groups -OCH3 is 1. The molecular weight excluding hydrogens is 230 g/mol. The average molecular weight is 247 g/mol. The highest BCUT2D eigenvalue weighted by Crippen LogP contribution is 2.23. The molecular formula is C14H17NO3. The van der Waals surface area contributed by atoms with Gasteiger partial charge in [-0.1, -0.05) is 18.2 Å². The molecule has 0 fully saturated rings. The lowest BCUT2D eigenvalue weighted by Gasteiger charge is -2.09. The molecule has 1 aliphatic carbocycles. The predicted molar refractivity (Wildman–Crippen MR) is 70.7 cm³/mol. The normalized spacial score (nSPS) is 17.1. The Kier molecular flexibility index (Phi) is 4.66. The quantitative estimate of drug-likeness (QED) is 0.592. The van der Waals surface area contributed by atoms with Gasteiger partial charge in [-0.2, -0.15) is 0 Å². The molecule has 96 valence electrons. The van der Waals surface area contributed by atoms with Crippen LogP contribution in [0.25, 0.3) is 0 Å². The molecule has 4 nitrogen and oxygen atoms in total. The third-order valence-corrected chi connectivity index (χ3v) is 2.82. The van der Waals surface area contributed by atoms with Gasteiger partial charge in [0.15, 0.2) is 0 Å². The van der Waals surface area contributed by atoms with Gasteiger partial charge in [-0.3, -0.25) is 5.41 Å². The summed E-state index contributed by atoms with van der Waals surface area (Å²) in [4.78, 5) is 11.1. The van der Waals surface area contributed by atoms with Crippen LogP contribution in [0.5, 0.6) is 0 Å². The van der Waals surface area contributed by atoms with Crippen LogP contribution in [0.4, 0.5) is 0 Å². The first kappa shape index (κ1) is 14.0. The lowest BCUT2D eigenvalue weighted by Crippen LogP contribution is -2.13. The minimum atomic E-state index is -1.07. The monoisotopic (exact) mass is 247 g/mol. The summed E-state index contributed by atoms with van der Waals surface area (Å²) in [6.45, 7) is 5.51. The molecule has 18 heavy (non-hydrogen) atoms. The zero-order valence-electron chi connectivity index (χ0n) is 10.6. The molecule has 0 saturated heterocycles. The van der Waals surface area contributed by atoms with Crippen molar-refractivity contribution in [2.24, 2.45) is 0 Å². The second-order valence-electron chi connectivity index (χ2n) is 3.99. The average Bonchev–Trinajstić information content (AvgIpc) is 2.47. The number of carboxylic acids is 1. The number of ether oxygens (including phenoxy) is 1. The van der Waals surface area contributed by atoms with Crippen molar-refractivity contribution in [2.75, 3.05) is 7.11 Å². The summed E-state index contributed by atoms with van der Waals surface area (Å²) >= 11 is 0. The van der Waals surface area contributed by atoms with Crippen LogP contribution in [0, 0.1) is 5.41 Å². The first-order valence-electron chi connectivity index (χ1n) is 5.61. The van der Waals surface area contributed by atoms with Crippen LogP contribution in [0.1, 0.15) is 19.8 Å². The molecule has 4 heteroatoms. The number of rotatable bonds is 4. The van der Waals surface area contributed by atoms with Crippen molar-refractivity contribution in [2.45, 2.75) is 19.8 Å². The minimum absolute atomic E-state index is 0.0221. The van der Waals surface area contributed by atoms with Gasteiger partial charge in [0.1, 0.15) is 5.76 Å². The number of nitrogens with one attached hydrogen (secondary N) is 1. The fourth-order valence-electron chi connectivity index (χ4n) is 1.76. The molecule has 0 amide bonds. The molecule has 0 aromatic heterocycles. The van der Waals surface area contributed by atoms with Gasteiger partial charge in [0, 0.05) is 5.57 Å². The van der Waals surface area contributed by atoms with Crippen molar-refractivity contribution in [1.82, 2.24) is 0 Å².